The molecule has 0 bridgehead atoms. The van der Waals surface area contributed by atoms with Crippen LogP contribution < -0.4 is 0 Å². The van der Waals surface area contributed by atoms with Gasteiger partial charge in [0, 0.05) is 38.8 Å². The topological polar surface area (TPSA) is 45.5 Å². The molecule has 0 saturated heterocycles. The molecular weight excluding hydrogens is 292 g/mol. The van der Waals surface area contributed by atoms with Gasteiger partial charge in [0.2, 0.25) is 0 Å². The third kappa shape index (κ3) is 6.95. The normalized spacial score (nSPS) is 11.0. The fourth-order valence-corrected chi connectivity index (χ4v) is 2.17. The molecule has 0 aliphatic rings. The number of aromatic nitrogens is 2. The van der Waals surface area contributed by atoms with Crippen LogP contribution in [0.3, 0.4) is 0 Å². The second-order valence-electron chi connectivity index (χ2n) is 5.18. The Balaban J connectivity index is 1.49. The smallest absolute Gasteiger partial charge is 0.134 e. The molecule has 23 heavy (non-hydrogen) atoms. The molecule has 5 nitrogen and oxygen atoms in total. The summed E-state index contributed by atoms with van der Waals surface area (Å²) in [6, 6.07) is 10.2. The fraction of sp³-hybridized carbons (Fsp3) is 0.500. The zero-order valence-electron chi connectivity index (χ0n) is 13.8. The monoisotopic (exact) mass is 318 g/mol. The lowest BCUT2D eigenvalue weighted by molar-refractivity contribution is 0.0716. The van der Waals surface area contributed by atoms with Gasteiger partial charge in [-0.25, -0.2) is 4.98 Å². The first-order valence-electron chi connectivity index (χ1n) is 8.17. The molecule has 0 saturated carbocycles. The molecular formula is C18H26N2O3. The lowest BCUT2D eigenvalue weighted by Gasteiger charge is -2.09. The number of hydrogen-bond donors (Lipinski definition) is 0. The standard InChI is InChI=1S/C18H26N2O3/c1-2-21-16-18-19-9-10-20(18)11-14-22-12-6-13-23-15-17-7-4-3-5-8-17/h3-5,7-10H,2,6,11-16H2,1H3. The third-order valence-corrected chi connectivity index (χ3v) is 3.40. The molecule has 2 aromatic rings. The molecule has 1 aromatic carbocycles. The van der Waals surface area contributed by atoms with Crippen LogP contribution in [0.25, 0.3) is 0 Å². The summed E-state index contributed by atoms with van der Waals surface area (Å²) in [5.41, 5.74) is 1.20. The molecule has 0 fully saturated rings. The first-order valence-corrected chi connectivity index (χ1v) is 8.17. The predicted octanol–water partition coefficient (Wildman–Crippen LogP) is 3.04. The number of imidazole rings is 1. The maximum absolute atomic E-state index is 5.65. The van der Waals surface area contributed by atoms with Crippen molar-refractivity contribution in [2.45, 2.75) is 33.1 Å². The van der Waals surface area contributed by atoms with E-state index in [1.807, 2.05) is 31.3 Å². The van der Waals surface area contributed by atoms with E-state index in [1.165, 1.54) is 5.56 Å². The number of hydrogen-bond acceptors (Lipinski definition) is 4. The van der Waals surface area contributed by atoms with Crippen molar-refractivity contribution in [3.05, 3.63) is 54.1 Å². The highest BCUT2D eigenvalue weighted by Crippen LogP contribution is 2.02. The average molecular weight is 318 g/mol. The van der Waals surface area contributed by atoms with Crippen LogP contribution in [-0.2, 0) is 34.0 Å². The van der Waals surface area contributed by atoms with Gasteiger partial charge in [-0.1, -0.05) is 30.3 Å². The summed E-state index contributed by atoms with van der Waals surface area (Å²) >= 11 is 0. The minimum absolute atomic E-state index is 0.552. The van der Waals surface area contributed by atoms with E-state index in [9.17, 15) is 0 Å². The lowest BCUT2D eigenvalue weighted by atomic mass is 10.2. The summed E-state index contributed by atoms with van der Waals surface area (Å²) in [4.78, 5) is 4.28. The van der Waals surface area contributed by atoms with Crippen molar-refractivity contribution in [1.29, 1.82) is 0 Å². The molecule has 0 N–H and O–H groups in total. The summed E-state index contributed by atoms with van der Waals surface area (Å²) in [6.07, 6.45) is 4.66. The van der Waals surface area contributed by atoms with Crippen LogP contribution in [0.5, 0.6) is 0 Å². The van der Waals surface area contributed by atoms with E-state index in [4.69, 9.17) is 14.2 Å². The first-order chi connectivity index (χ1) is 11.4. The minimum atomic E-state index is 0.552. The van der Waals surface area contributed by atoms with E-state index in [0.29, 0.717) is 33.0 Å². The fourth-order valence-electron chi connectivity index (χ4n) is 2.17. The predicted molar refractivity (Wildman–Crippen MR) is 89.1 cm³/mol. The summed E-state index contributed by atoms with van der Waals surface area (Å²) in [5, 5.41) is 0. The van der Waals surface area contributed by atoms with E-state index in [0.717, 1.165) is 25.4 Å². The van der Waals surface area contributed by atoms with Gasteiger partial charge in [-0.15, -0.1) is 0 Å². The molecule has 0 aliphatic heterocycles. The molecule has 1 aromatic heterocycles. The van der Waals surface area contributed by atoms with Crippen LogP contribution in [0.2, 0.25) is 0 Å². The average Bonchev–Trinajstić information content (AvgIpc) is 3.03. The molecule has 5 heteroatoms. The SMILES string of the molecule is CCOCc1nccn1CCOCCCOCc1ccccc1. The van der Waals surface area contributed by atoms with Crippen molar-refractivity contribution in [3.63, 3.8) is 0 Å². The van der Waals surface area contributed by atoms with Gasteiger partial charge in [0.15, 0.2) is 0 Å². The number of rotatable bonds is 12. The Labute approximate surface area is 138 Å². The van der Waals surface area contributed by atoms with E-state index in [1.54, 1.807) is 6.20 Å². The van der Waals surface area contributed by atoms with Crippen molar-refractivity contribution in [3.8, 4) is 0 Å². The van der Waals surface area contributed by atoms with Crippen molar-refractivity contribution in [1.82, 2.24) is 9.55 Å². The zero-order chi connectivity index (χ0) is 16.2. The van der Waals surface area contributed by atoms with E-state index < -0.39 is 0 Å². The van der Waals surface area contributed by atoms with Crippen molar-refractivity contribution in [2.75, 3.05) is 26.4 Å². The Hall–Kier alpha value is -1.69. The molecule has 126 valence electrons. The van der Waals surface area contributed by atoms with Crippen LogP contribution >= 0.6 is 0 Å². The molecule has 0 atom stereocenters. The second kappa shape index (κ2) is 10.9. The molecule has 0 radical (unpaired) electrons. The molecule has 0 unspecified atom stereocenters. The minimum Gasteiger partial charge on any atom is -0.380 e. The van der Waals surface area contributed by atoms with Crippen LogP contribution in [-0.4, -0.2) is 36.0 Å². The van der Waals surface area contributed by atoms with Gasteiger partial charge < -0.3 is 18.8 Å². The summed E-state index contributed by atoms with van der Waals surface area (Å²) in [7, 11) is 0. The van der Waals surface area contributed by atoms with E-state index >= 15 is 0 Å². The van der Waals surface area contributed by atoms with Gasteiger partial charge in [0.05, 0.1) is 13.2 Å². The molecule has 1 heterocycles. The number of benzene rings is 1. The van der Waals surface area contributed by atoms with Gasteiger partial charge in [0.25, 0.3) is 0 Å². The highest BCUT2D eigenvalue weighted by Gasteiger charge is 2.02. The summed E-state index contributed by atoms with van der Waals surface area (Å²) in [6.45, 7) is 6.80. The molecule has 2 rings (SSSR count). The van der Waals surface area contributed by atoms with Gasteiger partial charge >= 0.3 is 0 Å². The molecule has 0 aliphatic carbocycles. The maximum Gasteiger partial charge on any atom is 0.134 e. The van der Waals surface area contributed by atoms with Crippen molar-refractivity contribution < 1.29 is 14.2 Å². The first kappa shape index (κ1) is 17.7. The second-order valence-corrected chi connectivity index (χ2v) is 5.18. The Morgan fingerprint density at radius 3 is 2.61 bits per heavy atom. The van der Waals surface area contributed by atoms with Crippen LogP contribution in [0.4, 0.5) is 0 Å². The molecule has 0 amide bonds. The highest BCUT2D eigenvalue weighted by atomic mass is 16.5. The van der Waals surface area contributed by atoms with Crippen LogP contribution in [0.15, 0.2) is 42.7 Å². The summed E-state index contributed by atoms with van der Waals surface area (Å²) in [5.74, 6) is 0.946. The Morgan fingerprint density at radius 2 is 1.78 bits per heavy atom. The zero-order valence-corrected chi connectivity index (χ0v) is 13.8. The van der Waals surface area contributed by atoms with Crippen LogP contribution in [0, 0.1) is 0 Å². The Morgan fingerprint density at radius 1 is 0.957 bits per heavy atom. The molecule has 0 spiro atoms. The number of ether oxygens (including phenoxy) is 3. The van der Waals surface area contributed by atoms with Crippen LogP contribution in [0.1, 0.15) is 24.7 Å². The highest BCUT2D eigenvalue weighted by molar-refractivity contribution is 5.13. The van der Waals surface area contributed by atoms with Crippen molar-refractivity contribution >= 4 is 0 Å². The Bertz CT molecular complexity index is 528. The lowest BCUT2D eigenvalue weighted by Crippen LogP contribution is -2.11. The van der Waals surface area contributed by atoms with E-state index in [-0.39, 0.29) is 0 Å². The number of nitrogens with zero attached hydrogens (tertiary/aromatic N) is 2. The third-order valence-electron chi connectivity index (χ3n) is 3.40. The maximum atomic E-state index is 5.65. The van der Waals surface area contributed by atoms with E-state index in [2.05, 4.69) is 21.7 Å². The van der Waals surface area contributed by atoms with Gasteiger partial charge in [-0.3, -0.25) is 0 Å². The quantitative estimate of drug-likeness (QED) is 0.564. The largest absolute Gasteiger partial charge is 0.380 e. The summed E-state index contributed by atoms with van der Waals surface area (Å²) < 4.78 is 18.7. The van der Waals surface area contributed by atoms with Gasteiger partial charge in [0.1, 0.15) is 12.4 Å². The van der Waals surface area contributed by atoms with Crippen molar-refractivity contribution in [2.24, 2.45) is 0 Å². The Kier molecular flexibility index (Phi) is 8.40. The van der Waals surface area contributed by atoms with Gasteiger partial charge in [-0.2, -0.15) is 0 Å². The van der Waals surface area contributed by atoms with Gasteiger partial charge in [-0.05, 0) is 18.9 Å².